The summed E-state index contributed by atoms with van der Waals surface area (Å²) in [6.07, 6.45) is 9.07. The molecule has 0 atom stereocenters. The predicted molar refractivity (Wildman–Crippen MR) is 109 cm³/mol. The number of hydrogen-bond donors (Lipinski definition) is 0. The molecule has 0 unspecified atom stereocenters. The molecular formula is C20H20BrN3OS. The Labute approximate surface area is 165 Å². The van der Waals surface area contributed by atoms with E-state index in [1.165, 1.54) is 6.42 Å². The number of halogens is 1. The summed E-state index contributed by atoms with van der Waals surface area (Å²) in [5.74, 6) is 0.311. The Morgan fingerprint density at radius 2 is 2.08 bits per heavy atom. The Balaban J connectivity index is 1.69. The van der Waals surface area contributed by atoms with Gasteiger partial charge in [0, 0.05) is 22.8 Å². The molecule has 0 radical (unpaired) electrons. The van der Waals surface area contributed by atoms with Crippen molar-refractivity contribution >= 4 is 48.5 Å². The Morgan fingerprint density at radius 3 is 2.85 bits per heavy atom. The molecule has 3 aromatic rings. The minimum absolute atomic E-state index is 0.110. The van der Waals surface area contributed by atoms with Gasteiger partial charge < -0.3 is 0 Å². The number of pyridine rings is 1. The number of fused-ring (bicyclic) bond motifs is 1. The second-order valence-electron chi connectivity index (χ2n) is 6.73. The fourth-order valence-corrected chi connectivity index (χ4v) is 5.01. The van der Waals surface area contributed by atoms with Crippen LogP contribution in [-0.2, 0) is 11.3 Å². The lowest BCUT2D eigenvalue weighted by Gasteiger charge is -2.27. The van der Waals surface area contributed by atoms with E-state index in [1.807, 2.05) is 35.4 Å². The van der Waals surface area contributed by atoms with E-state index in [1.54, 1.807) is 17.5 Å². The monoisotopic (exact) mass is 429 g/mol. The average molecular weight is 430 g/mol. The van der Waals surface area contributed by atoms with Gasteiger partial charge in [-0.15, -0.1) is 0 Å². The Bertz CT molecular complexity index is 906. The first kappa shape index (κ1) is 17.6. The largest absolute Gasteiger partial charge is 0.283 e. The zero-order valence-corrected chi connectivity index (χ0v) is 16.8. The molecule has 0 saturated heterocycles. The number of hydrogen-bond acceptors (Lipinski definition) is 4. The molecule has 1 saturated carbocycles. The van der Waals surface area contributed by atoms with Crippen LogP contribution in [0.2, 0.25) is 0 Å². The van der Waals surface area contributed by atoms with Crippen molar-refractivity contribution in [2.24, 2.45) is 5.92 Å². The number of thiazole rings is 1. The van der Waals surface area contributed by atoms with Crippen LogP contribution in [0.25, 0.3) is 10.2 Å². The smallest absolute Gasteiger partial charge is 0.232 e. The van der Waals surface area contributed by atoms with E-state index in [0.717, 1.165) is 51.1 Å². The minimum atomic E-state index is 0.110. The normalized spacial score (nSPS) is 15.3. The van der Waals surface area contributed by atoms with E-state index < -0.39 is 0 Å². The molecule has 1 amide bonds. The molecule has 134 valence electrons. The van der Waals surface area contributed by atoms with Crippen LogP contribution < -0.4 is 4.90 Å². The molecule has 1 aliphatic carbocycles. The number of carbonyl (C=O) groups excluding carboxylic acids is 1. The number of nitrogens with zero attached hydrogens (tertiary/aromatic N) is 3. The van der Waals surface area contributed by atoms with Crippen LogP contribution in [0, 0.1) is 5.92 Å². The van der Waals surface area contributed by atoms with Gasteiger partial charge in [-0.1, -0.05) is 52.6 Å². The molecular weight excluding hydrogens is 410 g/mol. The Morgan fingerprint density at radius 1 is 1.23 bits per heavy atom. The fourth-order valence-electron chi connectivity index (χ4n) is 3.49. The maximum atomic E-state index is 13.3. The number of benzene rings is 1. The van der Waals surface area contributed by atoms with Gasteiger partial charge in [0.2, 0.25) is 5.91 Å². The van der Waals surface area contributed by atoms with Crippen molar-refractivity contribution in [2.75, 3.05) is 4.90 Å². The molecule has 1 fully saturated rings. The third kappa shape index (κ3) is 3.81. The average Bonchev–Trinajstić information content (AvgIpc) is 3.10. The first-order valence-corrected chi connectivity index (χ1v) is 10.6. The summed E-state index contributed by atoms with van der Waals surface area (Å²) in [6, 6.07) is 9.96. The van der Waals surface area contributed by atoms with Crippen LogP contribution in [0.4, 0.5) is 5.13 Å². The molecule has 0 N–H and O–H groups in total. The zero-order chi connectivity index (χ0) is 17.9. The van der Waals surface area contributed by atoms with Crippen LogP contribution in [-0.4, -0.2) is 15.9 Å². The van der Waals surface area contributed by atoms with E-state index >= 15 is 0 Å². The van der Waals surface area contributed by atoms with Gasteiger partial charge in [0.1, 0.15) is 0 Å². The highest BCUT2D eigenvalue weighted by Gasteiger charge is 2.29. The summed E-state index contributed by atoms with van der Waals surface area (Å²) >= 11 is 5.09. The molecule has 4 rings (SSSR count). The number of rotatable bonds is 4. The van der Waals surface area contributed by atoms with E-state index in [0.29, 0.717) is 6.54 Å². The maximum Gasteiger partial charge on any atom is 0.232 e. The van der Waals surface area contributed by atoms with Crippen LogP contribution in [0.15, 0.2) is 47.2 Å². The predicted octanol–water partition coefficient (Wildman–Crippen LogP) is 5.57. The molecule has 2 aromatic heterocycles. The molecule has 0 spiro atoms. The number of carbonyl (C=O) groups is 1. The SMILES string of the molecule is O=C(C1CCCCC1)N(Cc1cccnc1)c1nc2ccc(Br)cc2s1. The van der Waals surface area contributed by atoms with Gasteiger partial charge in [-0.3, -0.25) is 14.7 Å². The summed E-state index contributed by atoms with van der Waals surface area (Å²) in [7, 11) is 0. The minimum Gasteiger partial charge on any atom is -0.283 e. The van der Waals surface area contributed by atoms with E-state index in [2.05, 4.69) is 27.0 Å². The van der Waals surface area contributed by atoms with E-state index in [9.17, 15) is 4.79 Å². The summed E-state index contributed by atoms with van der Waals surface area (Å²) in [4.78, 5) is 24.1. The van der Waals surface area contributed by atoms with Crippen molar-refractivity contribution < 1.29 is 4.79 Å². The molecule has 4 nitrogen and oxygen atoms in total. The molecule has 0 aliphatic heterocycles. The van der Waals surface area contributed by atoms with Gasteiger partial charge in [0.15, 0.2) is 5.13 Å². The third-order valence-electron chi connectivity index (χ3n) is 4.85. The maximum absolute atomic E-state index is 13.3. The van der Waals surface area contributed by atoms with Gasteiger partial charge in [0.25, 0.3) is 0 Å². The van der Waals surface area contributed by atoms with Crippen molar-refractivity contribution in [1.29, 1.82) is 0 Å². The molecule has 26 heavy (non-hydrogen) atoms. The summed E-state index contributed by atoms with van der Waals surface area (Å²) in [5.41, 5.74) is 1.96. The zero-order valence-electron chi connectivity index (χ0n) is 14.4. The molecule has 0 bridgehead atoms. The standard InChI is InChI=1S/C20H20BrN3OS/c21-16-8-9-17-18(11-16)26-20(23-17)24(13-14-5-4-10-22-12-14)19(25)15-6-2-1-3-7-15/h4-5,8-12,15H,1-3,6-7,13H2. The summed E-state index contributed by atoms with van der Waals surface area (Å²) in [5, 5.41) is 0.775. The Hall–Kier alpha value is -1.79. The van der Waals surface area contributed by atoms with Gasteiger partial charge in [-0.2, -0.15) is 0 Å². The van der Waals surface area contributed by atoms with Crippen LogP contribution in [0.5, 0.6) is 0 Å². The van der Waals surface area contributed by atoms with Crippen LogP contribution in [0.1, 0.15) is 37.7 Å². The highest BCUT2D eigenvalue weighted by molar-refractivity contribution is 9.10. The number of amides is 1. The fraction of sp³-hybridized carbons (Fsp3) is 0.350. The number of anilines is 1. The first-order valence-electron chi connectivity index (χ1n) is 8.97. The quantitative estimate of drug-likeness (QED) is 0.544. The third-order valence-corrected chi connectivity index (χ3v) is 6.39. The van der Waals surface area contributed by atoms with Crippen molar-refractivity contribution in [2.45, 2.75) is 38.6 Å². The van der Waals surface area contributed by atoms with E-state index in [4.69, 9.17) is 4.98 Å². The van der Waals surface area contributed by atoms with Crippen molar-refractivity contribution in [3.05, 3.63) is 52.8 Å². The van der Waals surface area contributed by atoms with Gasteiger partial charge in [-0.25, -0.2) is 4.98 Å². The van der Waals surface area contributed by atoms with Crippen molar-refractivity contribution in [3.63, 3.8) is 0 Å². The summed E-state index contributed by atoms with van der Waals surface area (Å²) < 4.78 is 2.11. The van der Waals surface area contributed by atoms with Crippen molar-refractivity contribution in [1.82, 2.24) is 9.97 Å². The van der Waals surface area contributed by atoms with Crippen LogP contribution in [0.3, 0.4) is 0 Å². The van der Waals surface area contributed by atoms with Gasteiger partial charge in [-0.05, 0) is 42.7 Å². The molecule has 6 heteroatoms. The molecule has 1 aromatic carbocycles. The molecule has 2 heterocycles. The van der Waals surface area contributed by atoms with Gasteiger partial charge >= 0.3 is 0 Å². The molecule has 1 aliphatic rings. The van der Waals surface area contributed by atoms with Crippen molar-refractivity contribution in [3.8, 4) is 0 Å². The highest BCUT2D eigenvalue weighted by Crippen LogP contribution is 2.34. The number of aromatic nitrogens is 2. The second-order valence-corrected chi connectivity index (χ2v) is 8.65. The second kappa shape index (κ2) is 7.84. The van der Waals surface area contributed by atoms with Crippen LogP contribution >= 0.6 is 27.3 Å². The Kier molecular flexibility index (Phi) is 5.31. The topological polar surface area (TPSA) is 46.1 Å². The first-order chi connectivity index (χ1) is 12.7. The lowest BCUT2D eigenvalue weighted by atomic mass is 9.88. The lowest BCUT2D eigenvalue weighted by molar-refractivity contribution is -0.123. The van der Waals surface area contributed by atoms with E-state index in [-0.39, 0.29) is 11.8 Å². The highest BCUT2D eigenvalue weighted by atomic mass is 79.9. The van der Waals surface area contributed by atoms with Gasteiger partial charge in [0.05, 0.1) is 16.8 Å². The lowest BCUT2D eigenvalue weighted by Crippen LogP contribution is -2.36. The summed E-state index contributed by atoms with van der Waals surface area (Å²) in [6.45, 7) is 0.518.